The molecular formula is C23H25BrN6O5. The Bertz CT molecular complexity index is 1260. The van der Waals surface area contributed by atoms with E-state index in [1.54, 1.807) is 13.0 Å². The fourth-order valence-corrected chi connectivity index (χ4v) is 4.51. The molecule has 1 saturated heterocycles. The minimum atomic E-state index is -0.606. The molecule has 0 unspecified atom stereocenters. The van der Waals surface area contributed by atoms with E-state index >= 15 is 0 Å². The predicted octanol–water partition coefficient (Wildman–Crippen LogP) is 2.99. The number of amides is 1. The Morgan fingerprint density at radius 2 is 2.09 bits per heavy atom. The van der Waals surface area contributed by atoms with Crippen LogP contribution in [0.3, 0.4) is 0 Å². The van der Waals surface area contributed by atoms with Crippen LogP contribution in [0.1, 0.15) is 41.6 Å². The van der Waals surface area contributed by atoms with E-state index in [2.05, 4.69) is 31.4 Å². The van der Waals surface area contributed by atoms with Crippen molar-refractivity contribution < 1.29 is 14.5 Å². The Morgan fingerprint density at radius 3 is 2.71 bits per heavy atom. The number of ether oxygens (including phenoxy) is 1. The predicted molar refractivity (Wildman–Crippen MR) is 133 cm³/mol. The van der Waals surface area contributed by atoms with Gasteiger partial charge in [-0.15, -0.1) is 0 Å². The van der Waals surface area contributed by atoms with Crippen LogP contribution in [0.5, 0.6) is 0 Å². The number of nitrogens with zero attached hydrogens (tertiary/aromatic N) is 5. The highest BCUT2D eigenvalue weighted by Crippen LogP contribution is 2.27. The largest absolute Gasteiger partial charge is 0.380 e. The SMILES string of the molecule is COCc1c(Br)c(C)n(CC(=O)N/N=C\c2cc([N+](=O)[O-])ccc2N2CCCCC2)c(=O)c1C#N. The van der Waals surface area contributed by atoms with Gasteiger partial charge in [0.15, 0.2) is 0 Å². The van der Waals surface area contributed by atoms with E-state index in [4.69, 9.17) is 4.74 Å². The van der Waals surface area contributed by atoms with Gasteiger partial charge in [0.1, 0.15) is 18.2 Å². The molecule has 1 aliphatic rings. The average Bonchev–Trinajstić information content (AvgIpc) is 2.86. The topological polar surface area (TPSA) is 143 Å². The van der Waals surface area contributed by atoms with Gasteiger partial charge in [-0.1, -0.05) is 0 Å². The number of anilines is 1. The van der Waals surface area contributed by atoms with Crippen LogP contribution in [-0.4, -0.2) is 41.8 Å². The zero-order valence-corrected chi connectivity index (χ0v) is 21.0. The van der Waals surface area contributed by atoms with Crippen molar-refractivity contribution in [2.45, 2.75) is 39.3 Å². The van der Waals surface area contributed by atoms with Crippen LogP contribution in [0, 0.1) is 28.4 Å². The summed E-state index contributed by atoms with van der Waals surface area (Å²) in [5.41, 5.74) is 3.77. The molecular weight excluding hydrogens is 520 g/mol. The van der Waals surface area contributed by atoms with Crippen molar-refractivity contribution in [3.63, 3.8) is 0 Å². The number of nitro groups is 1. The lowest BCUT2D eigenvalue weighted by atomic mass is 10.1. The van der Waals surface area contributed by atoms with Gasteiger partial charge in [-0.3, -0.25) is 19.7 Å². The minimum Gasteiger partial charge on any atom is -0.380 e. The molecule has 1 aliphatic heterocycles. The van der Waals surface area contributed by atoms with Crippen molar-refractivity contribution in [2.24, 2.45) is 5.10 Å². The fraction of sp³-hybridized carbons (Fsp3) is 0.391. The summed E-state index contributed by atoms with van der Waals surface area (Å²) in [6, 6.07) is 6.44. The van der Waals surface area contributed by atoms with Gasteiger partial charge < -0.3 is 14.2 Å². The Hall–Kier alpha value is -3.56. The maximum Gasteiger partial charge on any atom is 0.270 e. The molecule has 1 aromatic heterocycles. The average molecular weight is 545 g/mol. The molecule has 0 saturated carbocycles. The smallest absolute Gasteiger partial charge is 0.270 e. The van der Waals surface area contributed by atoms with Crippen LogP contribution in [0.15, 0.2) is 32.6 Å². The number of rotatable bonds is 8. The first-order chi connectivity index (χ1) is 16.8. The number of halogens is 1. The Morgan fingerprint density at radius 1 is 1.37 bits per heavy atom. The van der Waals surface area contributed by atoms with Crippen LogP contribution in [-0.2, 0) is 22.7 Å². The van der Waals surface area contributed by atoms with E-state index in [0.717, 1.165) is 38.0 Å². The highest BCUT2D eigenvalue weighted by molar-refractivity contribution is 9.10. The molecule has 35 heavy (non-hydrogen) atoms. The fourth-order valence-electron chi connectivity index (χ4n) is 3.98. The summed E-state index contributed by atoms with van der Waals surface area (Å²) in [5.74, 6) is -0.591. The molecule has 2 heterocycles. The quantitative estimate of drug-likeness (QED) is 0.305. The monoisotopic (exact) mass is 544 g/mol. The molecule has 1 aromatic carbocycles. The maximum atomic E-state index is 12.8. The number of hydrogen-bond acceptors (Lipinski definition) is 8. The number of methoxy groups -OCH3 is 1. The molecule has 12 heteroatoms. The van der Waals surface area contributed by atoms with Gasteiger partial charge in [0.05, 0.1) is 17.7 Å². The summed E-state index contributed by atoms with van der Waals surface area (Å²) in [6.45, 7) is 3.02. The van der Waals surface area contributed by atoms with Gasteiger partial charge in [-0.2, -0.15) is 10.4 Å². The Kier molecular flexibility index (Phi) is 8.73. The molecule has 1 N–H and O–H groups in total. The normalized spacial score (nSPS) is 13.6. The molecule has 1 amide bonds. The molecule has 0 bridgehead atoms. The van der Waals surface area contributed by atoms with Crippen molar-refractivity contribution in [2.75, 3.05) is 25.1 Å². The maximum absolute atomic E-state index is 12.8. The zero-order chi connectivity index (χ0) is 25.5. The zero-order valence-electron chi connectivity index (χ0n) is 19.4. The van der Waals surface area contributed by atoms with Gasteiger partial charge in [-0.25, -0.2) is 5.43 Å². The third-order valence-corrected chi connectivity index (χ3v) is 6.81. The van der Waals surface area contributed by atoms with Gasteiger partial charge in [0, 0.05) is 59.3 Å². The lowest BCUT2D eigenvalue weighted by Gasteiger charge is -2.29. The summed E-state index contributed by atoms with van der Waals surface area (Å²) < 4.78 is 6.77. The van der Waals surface area contributed by atoms with E-state index in [0.29, 0.717) is 21.3 Å². The molecule has 0 atom stereocenters. The molecule has 0 radical (unpaired) electrons. The molecule has 3 rings (SSSR count). The second-order valence-corrected chi connectivity index (χ2v) is 8.82. The first-order valence-electron chi connectivity index (χ1n) is 10.9. The second-order valence-electron chi connectivity index (χ2n) is 8.03. The number of non-ortho nitro benzene ring substituents is 1. The van der Waals surface area contributed by atoms with Crippen molar-refractivity contribution in [1.82, 2.24) is 9.99 Å². The van der Waals surface area contributed by atoms with E-state index in [1.807, 2.05) is 6.07 Å². The second kappa shape index (κ2) is 11.7. The molecule has 1 fully saturated rings. The van der Waals surface area contributed by atoms with Crippen LogP contribution in [0.2, 0.25) is 0 Å². The number of benzene rings is 1. The lowest BCUT2D eigenvalue weighted by Crippen LogP contribution is -2.33. The number of carbonyl (C=O) groups excluding carboxylic acids is 1. The number of pyridine rings is 1. The van der Waals surface area contributed by atoms with Crippen molar-refractivity contribution >= 4 is 39.4 Å². The lowest BCUT2D eigenvalue weighted by molar-refractivity contribution is -0.384. The number of piperidine rings is 1. The summed E-state index contributed by atoms with van der Waals surface area (Å²) in [7, 11) is 1.46. The Labute approximate surface area is 210 Å². The Balaban J connectivity index is 1.82. The third-order valence-electron chi connectivity index (χ3n) is 5.76. The van der Waals surface area contributed by atoms with Gasteiger partial charge in [0.25, 0.3) is 17.2 Å². The molecule has 2 aromatic rings. The summed E-state index contributed by atoms with van der Waals surface area (Å²) in [4.78, 5) is 38.3. The number of nitriles is 1. The number of hydrogen-bond donors (Lipinski definition) is 1. The van der Waals surface area contributed by atoms with Crippen LogP contribution in [0.25, 0.3) is 0 Å². The van der Waals surface area contributed by atoms with Crippen LogP contribution >= 0.6 is 15.9 Å². The highest BCUT2D eigenvalue weighted by Gasteiger charge is 2.20. The summed E-state index contributed by atoms with van der Waals surface area (Å²) in [5, 5.41) is 24.7. The van der Waals surface area contributed by atoms with Gasteiger partial charge in [0.2, 0.25) is 0 Å². The molecule has 0 aliphatic carbocycles. The van der Waals surface area contributed by atoms with E-state index in [1.165, 1.54) is 30.0 Å². The number of carbonyl (C=O) groups is 1. The van der Waals surface area contributed by atoms with Crippen molar-refractivity contribution in [3.8, 4) is 6.07 Å². The number of nitrogens with one attached hydrogen (secondary N) is 1. The minimum absolute atomic E-state index is 0.0689. The first kappa shape index (κ1) is 26.1. The van der Waals surface area contributed by atoms with Gasteiger partial charge in [-0.05, 0) is 48.2 Å². The van der Waals surface area contributed by atoms with E-state index < -0.39 is 16.4 Å². The van der Waals surface area contributed by atoms with Crippen LogP contribution < -0.4 is 15.9 Å². The van der Waals surface area contributed by atoms with Gasteiger partial charge >= 0.3 is 0 Å². The first-order valence-corrected chi connectivity index (χ1v) is 11.7. The third kappa shape index (κ3) is 5.93. The van der Waals surface area contributed by atoms with Crippen molar-refractivity contribution in [3.05, 3.63) is 65.5 Å². The highest BCUT2D eigenvalue weighted by atomic mass is 79.9. The van der Waals surface area contributed by atoms with E-state index in [-0.39, 0.29) is 24.4 Å². The molecule has 184 valence electrons. The molecule has 11 nitrogen and oxygen atoms in total. The summed E-state index contributed by atoms with van der Waals surface area (Å²) >= 11 is 3.38. The summed E-state index contributed by atoms with van der Waals surface area (Å²) in [6.07, 6.45) is 4.56. The van der Waals surface area contributed by atoms with Crippen molar-refractivity contribution in [1.29, 1.82) is 5.26 Å². The van der Waals surface area contributed by atoms with E-state index in [9.17, 15) is 25.0 Å². The number of aromatic nitrogens is 1. The standard InChI is InChI=1S/C23H25BrN6O5/c1-15-22(24)19(14-35-2)18(11-25)23(32)29(15)13-21(31)27-26-12-16-10-17(30(33)34)6-7-20(16)28-8-4-3-5-9-28/h6-7,10,12H,3-5,8-9,13-14H2,1-2H3,(H,27,31)/b26-12-. The number of hydrazone groups is 1. The van der Waals surface area contributed by atoms with Crippen LogP contribution in [0.4, 0.5) is 11.4 Å². The number of nitro benzene ring substituents is 1. The molecule has 0 spiro atoms.